The van der Waals surface area contributed by atoms with E-state index < -0.39 is 17.0 Å². The lowest BCUT2D eigenvalue weighted by Gasteiger charge is -2.18. The zero-order valence-corrected chi connectivity index (χ0v) is 19.8. The van der Waals surface area contributed by atoms with E-state index in [9.17, 15) is 19.2 Å². The summed E-state index contributed by atoms with van der Waals surface area (Å²) in [5, 5.41) is 12.5. The van der Waals surface area contributed by atoms with E-state index in [2.05, 4.69) is 5.32 Å². The quantitative estimate of drug-likeness (QED) is 0.327. The summed E-state index contributed by atoms with van der Waals surface area (Å²) in [5.41, 5.74) is 0.804. The number of anilines is 2. The van der Waals surface area contributed by atoms with Crippen LogP contribution >= 0.6 is 35.0 Å². The van der Waals surface area contributed by atoms with Gasteiger partial charge in [0.15, 0.2) is 0 Å². The van der Waals surface area contributed by atoms with Gasteiger partial charge in [-0.05, 0) is 42.3 Å². The van der Waals surface area contributed by atoms with E-state index in [4.69, 9.17) is 23.2 Å². The molecule has 1 fully saturated rings. The summed E-state index contributed by atoms with van der Waals surface area (Å²) >= 11 is 13.5. The van der Waals surface area contributed by atoms with Crippen molar-refractivity contribution in [3.05, 3.63) is 105 Å². The topological polar surface area (TPSA) is 73.2 Å². The molecule has 9 heteroatoms. The van der Waals surface area contributed by atoms with Crippen molar-refractivity contribution in [3.8, 4) is 6.07 Å². The number of para-hydroxylation sites is 2. The molecule has 0 radical (unpaired) electrons. The number of hydrogen-bond acceptors (Lipinski definition) is 4. The third-order valence-electron chi connectivity index (χ3n) is 5.08. The lowest BCUT2D eigenvalue weighted by atomic mass is 10.1. The average Bonchev–Trinajstić information content (AvgIpc) is 3.15. The van der Waals surface area contributed by atoms with Gasteiger partial charge in [0.1, 0.15) is 22.5 Å². The Balaban J connectivity index is 1.74. The molecule has 1 N–H and O–H groups in total. The summed E-state index contributed by atoms with van der Waals surface area (Å²) < 4.78 is 14.1. The Labute approximate surface area is 209 Å². The molecule has 1 saturated heterocycles. The van der Waals surface area contributed by atoms with E-state index in [1.54, 1.807) is 54.6 Å². The number of carbonyl (C=O) groups excluding carboxylic acids is 2. The molecule has 34 heavy (non-hydrogen) atoms. The second-order valence-corrected chi connectivity index (χ2v) is 9.24. The van der Waals surface area contributed by atoms with Crippen LogP contribution in [0.4, 0.5) is 15.8 Å². The van der Waals surface area contributed by atoms with Crippen LogP contribution in [0.25, 0.3) is 0 Å². The van der Waals surface area contributed by atoms with E-state index in [1.165, 1.54) is 23.1 Å². The van der Waals surface area contributed by atoms with Crippen molar-refractivity contribution in [2.24, 2.45) is 0 Å². The number of thioether (sulfide) groups is 1. The minimum Gasteiger partial charge on any atom is -0.319 e. The molecule has 0 spiro atoms. The number of nitrogens with one attached hydrogen (secondary N) is 1. The number of rotatable bonds is 5. The maximum atomic E-state index is 14.1. The zero-order valence-electron chi connectivity index (χ0n) is 17.5. The molecule has 1 aliphatic rings. The zero-order chi connectivity index (χ0) is 24.2. The highest BCUT2D eigenvalue weighted by atomic mass is 35.5. The maximum Gasteiger partial charge on any atom is 0.269 e. The molecule has 2 amide bonds. The first-order chi connectivity index (χ1) is 16.4. The molecule has 3 aromatic carbocycles. The molecule has 4 rings (SSSR count). The Morgan fingerprint density at radius 2 is 1.76 bits per heavy atom. The summed E-state index contributed by atoms with van der Waals surface area (Å²) in [6.45, 7) is 0. The van der Waals surface area contributed by atoms with Crippen LogP contribution in [0.15, 0.2) is 83.4 Å². The van der Waals surface area contributed by atoms with Crippen LogP contribution < -0.4 is 10.2 Å². The first-order valence-electron chi connectivity index (χ1n) is 10.1. The van der Waals surface area contributed by atoms with Crippen LogP contribution in [0.5, 0.6) is 0 Å². The van der Waals surface area contributed by atoms with Crippen molar-refractivity contribution in [2.75, 3.05) is 10.2 Å². The van der Waals surface area contributed by atoms with E-state index in [1.807, 2.05) is 6.07 Å². The van der Waals surface area contributed by atoms with Crippen molar-refractivity contribution in [3.63, 3.8) is 0 Å². The van der Waals surface area contributed by atoms with Gasteiger partial charge in [0.05, 0.1) is 21.0 Å². The Hall–Kier alpha value is -3.31. The molecule has 5 nitrogen and oxygen atoms in total. The molecule has 1 heterocycles. The number of benzene rings is 3. The molecule has 170 valence electrons. The highest BCUT2D eigenvalue weighted by Gasteiger charge is 2.41. The van der Waals surface area contributed by atoms with E-state index in [-0.39, 0.29) is 28.6 Å². The summed E-state index contributed by atoms with van der Waals surface area (Å²) in [4.78, 5) is 27.8. The molecule has 0 bridgehead atoms. The molecule has 0 unspecified atom stereocenters. The van der Waals surface area contributed by atoms with Gasteiger partial charge in [-0.25, -0.2) is 4.39 Å². The molecule has 0 saturated carbocycles. The van der Waals surface area contributed by atoms with E-state index in [0.717, 1.165) is 11.8 Å². The van der Waals surface area contributed by atoms with Crippen molar-refractivity contribution in [1.82, 2.24) is 0 Å². The fourth-order valence-corrected chi connectivity index (χ4v) is 5.15. The van der Waals surface area contributed by atoms with Crippen molar-refractivity contribution in [1.29, 1.82) is 5.26 Å². The monoisotopic (exact) mass is 511 g/mol. The van der Waals surface area contributed by atoms with Gasteiger partial charge in [0.25, 0.3) is 5.91 Å². The van der Waals surface area contributed by atoms with Gasteiger partial charge in [0.2, 0.25) is 5.91 Å². The number of carbonyl (C=O) groups is 2. The molecule has 1 aliphatic heterocycles. The Bertz CT molecular complexity index is 1340. The second-order valence-electron chi connectivity index (χ2n) is 7.26. The Morgan fingerprint density at radius 1 is 1.06 bits per heavy atom. The van der Waals surface area contributed by atoms with Crippen LogP contribution in [0, 0.1) is 17.1 Å². The highest BCUT2D eigenvalue weighted by molar-refractivity contribution is 8.05. The molecular weight excluding hydrogens is 496 g/mol. The van der Waals surface area contributed by atoms with Crippen molar-refractivity contribution >= 4 is 58.2 Å². The first kappa shape index (κ1) is 23.8. The van der Waals surface area contributed by atoms with Crippen LogP contribution in [-0.2, 0) is 16.0 Å². The van der Waals surface area contributed by atoms with Gasteiger partial charge in [0, 0.05) is 5.69 Å². The standard InChI is InChI=1S/C25H16Cl2FN3O2S/c26-18-10-6-7-15(22(18)27)13-21-24(33)31(16-8-2-1-3-9-16)25(34-21)17(14-29)23(32)30-20-12-5-4-11-19(20)28/h1-12,21H,13H2,(H,30,32)/b25-17+/t21-/m0/s1. The summed E-state index contributed by atoms with van der Waals surface area (Å²) in [5.74, 6) is -1.76. The predicted octanol–water partition coefficient (Wildman–Crippen LogP) is 6.20. The minimum atomic E-state index is -0.815. The van der Waals surface area contributed by atoms with Crippen molar-refractivity contribution in [2.45, 2.75) is 11.7 Å². The van der Waals surface area contributed by atoms with Gasteiger partial charge in [-0.2, -0.15) is 5.26 Å². The van der Waals surface area contributed by atoms with Gasteiger partial charge in [-0.3, -0.25) is 14.5 Å². The SMILES string of the molecule is N#C/C(C(=O)Nc1ccccc1F)=C1\S[C@@H](Cc2cccc(Cl)c2Cl)C(=O)N1c1ccccc1. The molecular formula is C25H16Cl2FN3O2S. The second kappa shape index (κ2) is 10.3. The summed E-state index contributed by atoms with van der Waals surface area (Å²) in [7, 11) is 0. The fourth-order valence-electron chi connectivity index (χ4n) is 3.45. The number of nitriles is 1. The Morgan fingerprint density at radius 3 is 2.47 bits per heavy atom. The van der Waals surface area contributed by atoms with Gasteiger partial charge < -0.3 is 5.32 Å². The molecule has 0 aromatic heterocycles. The fraction of sp³-hybridized carbons (Fsp3) is 0.0800. The van der Waals surface area contributed by atoms with E-state index in [0.29, 0.717) is 21.3 Å². The Kier molecular flexibility index (Phi) is 7.23. The number of amides is 2. The van der Waals surface area contributed by atoms with Gasteiger partial charge >= 0.3 is 0 Å². The smallest absolute Gasteiger partial charge is 0.269 e. The predicted molar refractivity (Wildman–Crippen MR) is 133 cm³/mol. The van der Waals surface area contributed by atoms with E-state index >= 15 is 0 Å². The molecule has 1 atom stereocenters. The van der Waals surface area contributed by atoms with Gasteiger partial charge in [-0.1, -0.05) is 77.4 Å². The third-order valence-corrected chi connectivity index (χ3v) is 7.20. The molecule has 3 aromatic rings. The number of halogens is 3. The minimum absolute atomic E-state index is 0.0660. The summed E-state index contributed by atoms with van der Waals surface area (Å²) in [6.07, 6.45) is 0.239. The number of hydrogen-bond donors (Lipinski definition) is 1. The largest absolute Gasteiger partial charge is 0.319 e. The maximum absolute atomic E-state index is 14.1. The highest BCUT2D eigenvalue weighted by Crippen LogP contribution is 2.43. The lowest BCUT2D eigenvalue weighted by molar-refractivity contribution is -0.117. The van der Waals surface area contributed by atoms with Crippen LogP contribution in [0.2, 0.25) is 10.0 Å². The average molecular weight is 512 g/mol. The van der Waals surface area contributed by atoms with Crippen LogP contribution in [0.3, 0.4) is 0 Å². The first-order valence-corrected chi connectivity index (χ1v) is 11.7. The van der Waals surface area contributed by atoms with Crippen LogP contribution in [0.1, 0.15) is 5.56 Å². The number of nitrogens with zero attached hydrogens (tertiary/aromatic N) is 2. The summed E-state index contributed by atoms with van der Waals surface area (Å²) in [6, 6.07) is 21.4. The van der Waals surface area contributed by atoms with Gasteiger partial charge in [-0.15, -0.1) is 0 Å². The normalized spacial score (nSPS) is 16.8. The van der Waals surface area contributed by atoms with Crippen LogP contribution in [-0.4, -0.2) is 17.1 Å². The van der Waals surface area contributed by atoms with Crippen molar-refractivity contribution < 1.29 is 14.0 Å². The lowest BCUT2D eigenvalue weighted by Crippen LogP contribution is -2.31. The molecule has 0 aliphatic carbocycles. The third kappa shape index (κ3) is 4.80.